The fraction of sp³-hybridized carbons (Fsp3) is 0.486. The monoisotopic (exact) mass is 737 g/mol. The summed E-state index contributed by atoms with van der Waals surface area (Å²) in [6, 6.07) is 14.5. The van der Waals surface area contributed by atoms with E-state index in [0.717, 1.165) is 40.9 Å². The second-order valence-electron chi connectivity index (χ2n) is 13.0. The number of ether oxygens (including phenoxy) is 6. The van der Waals surface area contributed by atoms with Crippen LogP contribution in [0.3, 0.4) is 0 Å². The number of carbonyl (C=O) groups excluding carboxylic acids is 1. The van der Waals surface area contributed by atoms with Gasteiger partial charge in [-0.15, -0.1) is 5.10 Å². The minimum atomic E-state index is -3.97. The molecular weight excluding hydrogens is 690 g/mol. The number of hydrogen-bond acceptors (Lipinski definition) is 12. The van der Waals surface area contributed by atoms with Crippen molar-refractivity contribution in [3.05, 3.63) is 70.8 Å². The molecule has 0 amide bonds. The maximum absolute atomic E-state index is 14.2. The number of nitrogens with zero attached hydrogens (tertiary/aromatic N) is 4. The first-order valence-corrected chi connectivity index (χ1v) is 19.0. The molecule has 0 bridgehead atoms. The number of hydrogen-bond donors (Lipinski definition) is 1. The predicted octanol–water partition coefficient (Wildman–Crippen LogP) is 3.73. The van der Waals surface area contributed by atoms with Crippen LogP contribution in [0.15, 0.2) is 53.4 Å². The lowest BCUT2D eigenvalue weighted by Gasteiger charge is -2.24. The van der Waals surface area contributed by atoms with E-state index in [1.165, 1.54) is 10.4 Å². The number of aryl methyl sites for hydroxylation is 2. The summed E-state index contributed by atoms with van der Waals surface area (Å²) in [7, 11) is -0.598. The van der Waals surface area contributed by atoms with Crippen LogP contribution < -0.4 is 19.5 Å². The molecule has 0 saturated carbocycles. The van der Waals surface area contributed by atoms with Gasteiger partial charge in [0.1, 0.15) is 45.9 Å². The molecule has 4 aromatic rings. The van der Waals surface area contributed by atoms with Crippen molar-refractivity contribution in [1.29, 1.82) is 0 Å². The summed E-state index contributed by atoms with van der Waals surface area (Å²) < 4.78 is 65.9. The van der Waals surface area contributed by atoms with Crippen molar-refractivity contribution in [2.75, 3.05) is 59.8 Å². The zero-order valence-corrected chi connectivity index (χ0v) is 31.1. The van der Waals surface area contributed by atoms with Crippen molar-refractivity contribution < 1.29 is 41.6 Å². The van der Waals surface area contributed by atoms with Gasteiger partial charge in [0.2, 0.25) is 10.0 Å². The first-order chi connectivity index (χ1) is 25.1. The Kier molecular flexibility index (Phi) is 12.0. The van der Waals surface area contributed by atoms with Gasteiger partial charge in [-0.2, -0.15) is 4.31 Å². The molecule has 6 rings (SSSR count). The van der Waals surface area contributed by atoms with E-state index < -0.39 is 22.0 Å². The highest BCUT2D eigenvalue weighted by Gasteiger charge is 2.34. The van der Waals surface area contributed by atoms with Gasteiger partial charge in [0.15, 0.2) is 0 Å². The Morgan fingerprint density at radius 2 is 1.96 bits per heavy atom. The van der Waals surface area contributed by atoms with E-state index in [0.29, 0.717) is 43.4 Å². The number of morpholine rings is 1. The number of sulfonamides is 1. The van der Waals surface area contributed by atoms with Crippen molar-refractivity contribution in [1.82, 2.24) is 24.6 Å². The summed E-state index contributed by atoms with van der Waals surface area (Å²) in [5.41, 5.74) is 4.69. The SMILES string of the molecule is CCOC(=O)CC(c1ccc(C)c(CN2C[C@@H](C)Oc3cc(OCCOCC4CNCCO4)ccc3S2(=O)=O)c1)c1cc(OC)c2c(c1)nnn2C. The van der Waals surface area contributed by atoms with Crippen LogP contribution in [0.4, 0.5) is 0 Å². The van der Waals surface area contributed by atoms with Crippen LogP contribution in [0.25, 0.3) is 11.0 Å². The highest BCUT2D eigenvalue weighted by Crippen LogP contribution is 2.38. The van der Waals surface area contributed by atoms with Crippen LogP contribution >= 0.6 is 0 Å². The molecule has 3 aromatic carbocycles. The van der Waals surface area contributed by atoms with Crippen molar-refractivity contribution in [3.8, 4) is 17.2 Å². The van der Waals surface area contributed by atoms with Crippen molar-refractivity contribution in [2.45, 2.75) is 56.8 Å². The van der Waals surface area contributed by atoms with Crippen LogP contribution in [-0.2, 0) is 42.6 Å². The number of methoxy groups -OCH3 is 1. The zero-order valence-electron chi connectivity index (χ0n) is 30.3. The van der Waals surface area contributed by atoms with Gasteiger partial charge in [-0.3, -0.25) is 4.79 Å². The van der Waals surface area contributed by atoms with Gasteiger partial charge in [-0.05, 0) is 67.3 Å². The Morgan fingerprint density at radius 1 is 1.12 bits per heavy atom. The summed E-state index contributed by atoms with van der Waals surface area (Å²) in [5.74, 6) is 0.524. The summed E-state index contributed by atoms with van der Waals surface area (Å²) in [5, 5.41) is 11.7. The lowest BCUT2D eigenvalue weighted by molar-refractivity contribution is -0.143. The number of nitrogens with one attached hydrogen (secondary N) is 1. The third-order valence-corrected chi connectivity index (χ3v) is 11.1. The van der Waals surface area contributed by atoms with Crippen LogP contribution in [-0.4, -0.2) is 106 Å². The molecule has 1 fully saturated rings. The van der Waals surface area contributed by atoms with Crippen LogP contribution in [0.5, 0.6) is 17.2 Å². The van der Waals surface area contributed by atoms with E-state index in [1.54, 1.807) is 37.9 Å². The minimum absolute atomic E-state index is 0.0191. The Morgan fingerprint density at radius 3 is 2.73 bits per heavy atom. The van der Waals surface area contributed by atoms with E-state index >= 15 is 0 Å². The summed E-state index contributed by atoms with van der Waals surface area (Å²) in [4.78, 5) is 13.0. The average molecular weight is 738 g/mol. The number of fused-ring (bicyclic) bond motifs is 2. The fourth-order valence-corrected chi connectivity index (χ4v) is 8.18. The third kappa shape index (κ3) is 8.50. The molecule has 52 heavy (non-hydrogen) atoms. The average Bonchev–Trinajstić information content (AvgIpc) is 3.47. The normalized spacial score (nSPS) is 19.3. The van der Waals surface area contributed by atoms with E-state index in [4.69, 9.17) is 28.4 Å². The van der Waals surface area contributed by atoms with Gasteiger partial charge in [0.05, 0.1) is 52.6 Å². The zero-order chi connectivity index (χ0) is 36.8. The molecular formula is C37H47N5O9S. The third-order valence-electron chi connectivity index (χ3n) is 9.23. The lowest BCUT2D eigenvalue weighted by Crippen LogP contribution is -2.41. The molecule has 1 aromatic heterocycles. The van der Waals surface area contributed by atoms with E-state index in [9.17, 15) is 13.2 Å². The van der Waals surface area contributed by atoms with E-state index in [1.807, 2.05) is 44.2 Å². The van der Waals surface area contributed by atoms with Crippen molar-refractivity contribution >= 4 is 27.0 Å². The molecule has 0 spiro atoms. The number of esters is 1. The highest BCUT2D eigenvalue weighted by atomic mass is 32.2. The molecule has 15 heteroatoms. The topological polar surface area (TPSA) is 153 Å². The molecule has 3 atom stereocenters. The largest absolute Gasteiger partial charge is 0.494 e. The summed E-state index contributed by atoms with van der Waals surface area (Å²) in [6.07, 6.45) is -0.357. The second-order valence-corrected chi connectivity index (χ2v) is 14.9. The molecule has 2 aliphatic heterocycles. The standard InChI is InChI=1S/C37H47N5O9S/c1-6-48-36(43)19-31(27-16-32-37(34(17-27)46-5)41(4)40-39-32)26-8-7-24(2)28(15-26)22-42-21-25(3)51-33-18-29(9-10-35(33)52(42,44)45)50-14-13-47-23-30-20-38-11-12-49-30/h7-10,15-18,25,30-31,38H,6,11-14,19-23H2,1-5H3/t25-,30?,31?/m1/s1. The molecule has 3 heterocycles. The fourth-order valence-electron chi connectivity index (χ4n) is 6.59. The summed E-state index contributed by atoms with van der Waals surface area (Å²) in [6.45, 7) is 9.43. The van der Waals surface area contributed by atoms with Gasteiger partial charge in [-0.25, -0.2) is 13.1 Å². The quantitative estimate of drug-likeness (QED) is 0.148. The second kappa shape index (κ2) is 16.6. The van der Waals surface area contributed by atoms with E-state index in [2.05, 4.69) is 15.6 Å². The number of carbonyl (C=O) groups is 1. The number of aromatic nitrogens is 3. The number of benzene rings is 3. The maximum Gasteiger partial charge on any atom is 0.306 e. The molecule has 0 radical (unpaired) electrons. The predicted molar refractivity (Wildman–Crippen MR) is 192 cm³/mol. The van der Waals surface area contributed by atoms with Crippen LogP contribution in [0, 0.1) is 6.92 Å². The van der Waals surface area contributed by atoms with Crippen molar-refractivity contribution in [3.63, 3.8) is 0 Å². The smallest absolute Gasteiger partial charge is 0.306 e. The van der Waals surface area contributed by atoms with Gasteiger partial charge in [-0.1, -0.05) is 23.4 Å². The molecule has 2 unspecified atom stereocenters. The minimum Gasteiger partial charge on any atom is -0.494 e. The first-order valence-electron chi connectivity index (χ1n) is 17.5. The van der Waals surface area contributed by atoms with Gasteiger partial charge < -0.3 is 33.7 Å². The molecule has 1 N–H and O–H groups in total. The van der Waals surface area contributed by atoms with E-state index in [-0.39, 0.29) is 48.8 Å². The van der Waals surface area contributed by atoms with Crippen LogP contribution in [0.1, 0.15) is 48.4 Å². The Hall–Kier alpha value is -4.28. The first kappa shape index (κ1) is 37.5. The van der Waals surface area contributed by atoms with Crippen molar-refractivity contribution in [2.24, 2.45) is 7.05 Å². The molecule has 280 valence electrons. The lowest BCUT2D eigenvalue weighted by atomic mass is 9.86. The molecule has 2 aliphatic rings. The molecule has 14 nitrogen and oxygen atoms in total. The van der Waals surface area contributed by atoms with Gasteiger partial charge >= 0.3 is 5.97 Å². The van der Waals surface area contributed by atoms with Gasteiger partial charge in [0, 0.05) is 38.7 Å². The van der Waals surface area contributed by atoms with Gasteiger partial charge in [0.25, 0.3) is 0 Å². The van der Waals surface area contributed by atoms with Crippen LogP contribution in [0.2, 0.25) is 0 Å². The Bertz CT molecular complexity index is 1980. The Balaban J connectivity index is 1.22. The molecule has 0 aliphatic carbocycles. The summed E-state index contributed by atoms with van der Waals surface area (Å²) >= 11 is 0. The molecule has 1 saturated heterocycles. The maximum atomic E-state index is 14.2. The Labute approximate surface area is 304 Å². The highest BCUT2D eigenvalue weighted by molar-refractivity contribution is 7.89. The number of rotatable bonds is 14.